The molecule has 27 heavy (non-hydrogen) atoms. The van der Waals surface area contributed by atoms with Gasteiger partial charge in [-0.3, -0.25) is 0 Å². The van der Waals surface area contributed by atoms with E-state index < -0.39 is 5.97 Å². The summed E-state index contributed by atoms with van der Waals surface area (Å²) in [5, 5.41) is 14.6. The van der Waals surface area contributed by atoms with Crippen LogP contribution in [0.4, 0.5) is 15.8 Å². The highest BCUT2D eigenvalue weighted by molar-refractivity contribution is 6.40. The van der Waals surface area contributed by atoms with Crippen LogP contribution in [-0.2, 0) is 6.61 Å². The van der Waals surface area contributed by atoms with Crippen molar-refractivity contribution in [2.45, 2.75) is 6.61 Å². The lowest BCUT2D eigenvalue weighted by Crippen LogP contribution is -2.23. The van der Waals surface area contributed by atoms with Gasteiger partial charge in [0, 0.05) is 16.8 Å². The number of anilines is 2. The van der Waals surface area contributed by atoms with Crippen molar-refractivity contribution in [3.05, 3.63) is 87.7 Å². The molecule has 138 valence electrons. The molecule has 0 unspecified atom stereocenters. The number of carbonyl (C=O) groups is 1. The zero-order valence-corrected chi connectivity index (χ0v) is 15.4. The van der Waals surface area contributed by atoms with Crippen LogP contribution in [0.5, 0.6) is 5.75 Å². The largest absolute Gasteiger partial charge is 0.545 e. The topological polar surface area (TPSA) is 61.4 Å². The molecule has 3 aromatic carbocycles. The van der Waals surface area contributed by atoms with E-state index in [1.165, 1.54) is 12.1 Å². The molecule has 0 bridgehead atoms. The fourth-order valence-corrected chi connectivity index (χ4v) is 2.95. The Morgan fingerprint density at radius 3 is 2.48 bits per heavy atom. The van der Waals surface area contributed by atoms with Crippen LogP contribution < -0.4 is 15.2 Å². The van der Waals surface area contributed by atoms with E-state index in [1.807, 2.05) is 0 Å². The molecule has 0 aromatic heterocycles. The van der Waals surface area contributed by atoms with Gasteiger partial charge in [-0.25, -0.2) is 4.39 Å². The van der Waals surface area contributed by atoms with Gasteiger partial charge in [-0.05, 0) is 24.3 Å². The van der Waals surface area contributed by atoms with Crippen LogP contribution in [0.2, 0.25) is 10.0 Å². The van der Waals surface area contributed by atoms with Crippen LogP contribution in [0.15, 0.2) is 60.7 Å². The van der Waals surface area contributed by atoms with Crippen molar-refractivity contribution >= 4 is 40.5 Å². The predicted molar refractivity (Wildman–Crippen MR) is 101 cm³/mol. The first kappa shape index (κ1) is 19.0. The molecule has 7 heteroatoms. The molecule has 0 amide bonds. The van der Waals surface area contributed by atoms with E-state index >= 15 is 0 Å². The van der Waals surface area contributed by atoms with Gasteiger partial charge in [-0.2, -0.15) is 0 Å². The Hall–Kier alpha value is -2.76. The van der Waals surface area contributed by atoms with Gasteiger partial charge in [-0.15, -0.1) is 0 Å². The minimum absolute atomic E-state index is 0.0247. The average Bonchev–Trinajstić information content (AvgIpc) is 2.66. The van der Waals surface area contributed by atoms with Gasteiger partial charge in [0.25, 0.3) is 0 Å². The summed E-state index contributed by atoms with van der Waals surface area (Å²) < 4.78 is 19.4. The molecule has 0 radical (unpaired) electrons. The molecule has 1 N–H and O–H groups in total. The van der Waals surface area contributed by atoms with Crippen molar-refractivity contribution in [2.24, 2.45) is 0 Å². The smallest absolute Gasteiger partial charge is 0.140 e. The average molecular weight is 405 g/mol. The lowest BCUT2D eigenvalue weighted by Gasteiger charge is -2.17. The molecule has 3 aromatic rings. The van der Waals surface area contributed by atoms with Gasteiger partial charge in [0.05, 0.1) is 16.7 Å². The predicted octanol–water partition coefficient (Wildman–Crippen LogP) is 4.82. The second-order valence-corrected chi connectivity index (χ2v) is 6.36. The third-order valence-electron chi connectivity index (χ3n) is 3.80. The highest BCUT2D eigenvalue weighted by atomic mass is 35.5. The summed E-state index contributed by atoms with van der Waals surface area (Å²) in [7, 11) is 0. The Kier molecular flexibility index (Phi) is 5.84. The number of para-hydroxylation sites is 1. The molecule has 0 saturated carbocycles. The monoisotopic (exact) mass is 404 g/mol. The third-order valence-corrected chi connectivity index (χ3v) is 4.49. The molecule has 0 atom stereocenters. The number of carbonyl (C=O) groups excluding carboxylic acids is 1. The summed E-state index contributed by atoms with van der Waals surface area (Å²) >= 11 is 12.6. The molecule has 0 aliphatic rings. The van der Waals surface area contributed by atoms with Crippen molar-refractivity contribution in [3.63, 3.8) is 0 Å². The second-order valence-electron chi connectivity index (χ2n) is 5.57. The number of rotatable bonds is 6. The number of halogens is 3. The summed E-state index contributed by atoms with van der Waals surface area (Å²) in [6.45, 7) is -0.0247. The van der Waals surface area contributed by atoms with E-state index in [0.29, 0.717) is 5.56 Å². The molecule has 3 rings (SSSR count). The maximum atomic E-state index is 13.7. The maximum absolute atomic E-state index is 13.7. The first-order chi connectivity index (χ1) is 13.0. The quantitative estimate of drug-likeness (QED) is 0.639. The summed E-state index contributed by atoms with van der Waals surface area (Å²) in [5.74, 6) is -1.45. The maximum Gasteiger partial charge on any atom is 0.140 e. The zero-order chi connectivity index (χ0) is 19.4. The van der Waals surface area contributed by atoms with Crippen LogP contribution in [0, 0.1) is 5.82 Å². The molecule has 0 aliphatic heterocycles. The Bertz CT molecular complexity index is 995. The summed E-state index contributed by atoms with van der Waals surface area (Å²) in [4.78, 5) is 11.3. The van der Waals surface area contributed by atoms with Crippen LogP contribution in [0.1, 0.15) is 15.9 Å². The van der Waals surface area contributed by atoms with E-state index in [-0.39, 0.29) is 45.2 Å². The van der Waals surface area contributed by atoms with E-state index in [0.717, 1.165) is 0 Å². The van der Waals surface area contributed by atoms with Crippen molar-refractivity contribution in [3.8, 4) is 5.75 Å². The number of nitrogens with one attached hydrogen (secondary N) is 1. The highest BCUT2D eigenvalue weighted by Crippen LogP contribution is 2.40. The van der Waals surface area contributed by atoms with E-state index in [1.54, 1.807) is 48.5 Å². The third kappa shape index (κ3) is 4.32. The molecule has 0 heterocycles. The first-order valence-electron chi connectivity index (χ1n) is 7.89. The number of benzene rings is 3. The second kappa shape index (κ2) is 8.29. The number of ether oxygens (including phenoxy) is 1. The molecule has 4 nitrogen and oxygen atoms in total. The fraction of sp³-hybridized carbons (Fsp3) is 0.0500. The van der Waals surface area contributed by atoms with Gasteiger partial charge < -0.3 is 20.0 Å². The Morgan fingerprint density at radius 1 is 1.04 bits per heavy atom. The summed E-state index contributed by atoms with van der Waals surface area (Å²) in [5.41, 5.74) is 0.883. The number of carboxylic acid groups (broad SMARTS) is 1. The zero-order valence-electron chi connectivity index (χ0n) is 13.8. The van der Waals surface area contributed by atoms with E-state index in [9.17, 15) is 14.3 Å². The molecular formula is C20H13Cl2FNO3-. The minimum atomic E-state index is -1.34. The Labute approximate surface area is 165 Å². The molecular weight excluding hydrogens is 392 g/mol. The van der Waals surface area contributed by atoms with Crippen molar-refractivity contribution in [1.82, 2.24) is 0 Å². The number of aromatic carboxylic acids is 1. The highest BCUT2D eigenvalue weighted by Gasteiger charge is 2.14. The summed E-state index contributed by atoms with van der Waals surface area (Å²) in [6, 6.07) is 15.5. The van der Waals surface area contributed by atoms with Gasteiger partial charge in [-0.1, -0.05) is 59.6 Å². The van der Waals surface area contributed by atoms with Crippen LogP contribution in [-0.4, -0.2) is 5.97 Å². The van der Waals surface area contributed by atoms with Gasteiger partial charge in [0.15, 0.2) is 0 Å². The van der Waals surface area contributed by atoms with E-state index in [2.05, 4.69) is 5.32 Å². The Morgan fingerprint density at radius 2 is 1.74 bits per heavy atom. The minimum Gasteiger partial charge on any atom is -0.545 e. The normalized spacial score (nSPS) is 10.5. The van der Waals surface area contributed by atoms with Gasteiger partial charge >= 0.3 is 0 Å². The van der Waals surface area contributed by atoms with Crippen molar-refractivity contribution in [1.29, 1.82) is 0 Å². The molecule has 0 aliphatic carbocycles. The van der Waals surface area contributed by atoms with Gasteiger partial charge in [0.1, 0.15) is 23.2 Å². The van der Waals surface area contributed by atoms with Crippen LogP contribution in [0.3, 0.4) is 0 Å². The lowest BCUT2D eigenvalue weighted by molar-refractivity contribution is -0.254. The Balaban J connectivity index is 1.88. The van der Waals surface area contributed by atoms with Crippen LogP contribution >= 0.6 is 23.2 Å². The summed E-state index contributed by atoms with van der Waals surface area (Å²) in [6.07, 6.45) is 0. The first-order valence-corrected chi connectivity index (χ1v) is 8.64. The lowest BCUT2D eigenvalue weighted by atomic mass is 10.1. The molecule has 0 spiro atoms. The SMILES string of the molecule is O=C([O-])c1ccccc1Nc1c(Cl)ccc(OCc2ccccc2F)c1Cl. The van der Waals surface area contributed by atoms with Crippen LogP contribution in [0.25, 0.3) is 0 Å². The van der Waals surface area contributed by atoms with Gasteiger partial charge in [0.2, 0.25) is 0 Å². The number of hydrogen-bond donors (Lipinski definition) is 1. The van der Waals surface area contributed by atoms with E-state index in [4.69, 9.17) is 27.9 Å². The number of hydrogen-bond acceptors (Lipinski definition) is 4. The van der Waals surface area contributed by atoms with Crippen molar-refractivity contribution < 1.29 is 19.0 Å². The standard InChI is InChI=1S/C20H14Cl2FNO3/c21-14-9-10-17(27-11-12-5-1-3-7-15(12)23)18(22)19(14)24-16-8-4-2-6-13(16)20(25)26/h1-10,24H,11H2,(H,25,26)/p-1. The van der Waals surface area contributed by atoms with Crippen molar-refractivity contribution in [2.75, 3.05) is 5.32 Å². The number of carboxylic acids is 1. The fourth-order valence-electron chi connectivity index (χ4n) is 2.44. The molecule has 0 saturated heterocycles. The molecule has 0 fully saturated rings.